The Hall–Kier alpha value is -3.41. The predicted molar refractivity (Wildman–Crippen MR) is 116 cm³/mol. The van der Waals surface area contributed by atoms with Gasteiger partial charge >= 0.3 is 0 Å². The fourth-order valence-electron chi connectivity index (χ4n) is 4.55. The lowest BCUT2D eigenvalue weighted by Crippen LogP contribution is -2.29. The van der Waals surface area contributed by atoms with Crippen LogP contribution in [0.1, 0.15) is 43.9 Å². The number of aromatic nitrogens is 6. The fraction of sp³-hybridized carbons (Fsp3) is 0.409. The Morgan fingerprint density at radius 2 is 1.79 bits per heavy atom. The molecule has 11 heteroatoms. The van der Waals surface area contributed by atoms with Gasteiger partial charge in [0, 0.05) is 11.6 Å². The maximum atomic E-state index is 10.8. The summed E-state index contributed by atoms with van der Waals surface area (Å²) in [6.45, 7) is 0. The van der Waals surface area contributed by atoms with Crippen LogP contribution in [-0.2, 0) is 4.74 Å². The molecule has 3 aromatic heterocycles. The first kappa shape index (κ1) is 20.2. The molecular weight excluding hydrogens is 426 g/mol. The van der Waals surface area contributed by atoms with Gasteiger partial charge in [0.25, 0.3) is 0 Å². The molecule has 0 radical (unpaired) electrons. The van der Waals surface area contributed by atoms with E-state index in [1.807, 2.05) is 30.3 Å². The molecule has 1 aliphatic carbocycles. The third kappa shape index (κ3) is 3.54. The minimum Gasteiger partial charge on any atom is -0.418 e. The number of rotatable bonds is 5. The van der Waals surface area contributed by atoms with Crippen LogP contribution in [0.25, 0.3) is 22.6 Å². The van der Waals surface area contributed by atoms with Crippen LogP contribution < -0.4 is 5.32 Å². The van der Waals surface area contributed by atoms with Crippen LogP contribution in [0.3, 0.4) is 0 Å². The van der Waals surface area contributed by atoms with E-state index in [1.165, 1.54) is 25.5 Å². The molecule has 2 fully saturated rings. The Balaban J connectivity index is 1.28. The van der Waals surface area contributed by atoms with E-state index in [9.17, 15) is 10.2 Å². The number of aliphatic hydroxyl groups is 2. The number of imidazole rings is 1. The van der Waals surface area contributed by atoms with Gasteiger partial charge in [0.05, 0.1) is 6.33 Å². The molecule has 4 aromatic rings. The van der Waals surface area contributed by atoms with E-state index in [0.29, 0.717) is 28.9 Å². The zero-order valence-electron chi connectivity index (χ0n) is 17.7. The minimum absolute atomic E-state index is 0.0885. The van der Waals surface area contributed by atoms with E-state index in [-0.39, 0.29) is 5.89 Å². The summed E-state index contributed by atoms with van der Waals surface area (Å²) in [6, 6.07) is 9.66. The average Bonchev–Trinajstić information content (AvgIpc) is 3.64. The maximum Gasteiger partial charge on any atom is 0.248 e. The van der Waals surface area contributed by atoms with Crippen molar-refractivity contribution in [1.82, 2.24) is 29.7 Å². The summed E-state index contributed by atoms with van der Waals surface area (Å²) in [6.07, 6.45) is 3.13. The van der Waals surface area contributed by atoms with Crippen molar-refractivity contribution in [2.24, 2.45) is 0 Å². The average molecular weight is 449 g/mol. The van der Waals surface area contributed by atoms with Gasteiger partial charge in [-0.05, 0) is 25.0 Å². The van der Waals surface area contributed by atoms with E-state index < -0.39 is 24.5 Å². The Kier molecular flexibility index (Phi) is 5.01. The highest BCUT2D eigenvalue weighted by atomic mass is 16.6. The van der Waals surface area contributed by atoms with Gasteiger partial charge in [0.1, 0.15) is 18.5 Å². The molecule has 170 valence electrons. The van der Waals surface area contributed by atoms with Crippen LogP contribution in [0.15, 0.2) is 47.4 Å². The molecule has 0 bridgehead atoms. The molecular formula is C22H23N7O4. The first-order valence-corrected chi connectivity index (χ1v) is 11.0. The van der Waals surface area contributed by atoms with Crippen molar-refractivity contribution in [3.63, 3.8) is 0 Å². The monoisotopic (exact) mass is 449 g/mol. The number of aliphatic hydroxyl groups excluding tert-OH is 2. The quantitative estimate of drug-likeness (QED) is 0.415. The number of nitrogens with zero attached hydrogens (tertiary/aromatic N) is 6. The highest BCUT2D eigenvalue weighted by molar-refractivity contribution is 5.82. The number of anilines is 1. The molecule has 0 amide bonds. The van der Waals surface area contributed by atoms with Crippen molar-refractivity contribution in [3.8, 4) is 11.5 Å². The molecule has 33 heavy (non-hydrogen) atoms. The number of hydrogen-bond donors (Lipinski definition) is 3. The standard InChI is InChI=1S/C22H23N7O4/c30-15-16(31)22(32-17(15)21-28-27-20(33-21)12-6-2-1-3-7-12)29-11-25-14-18(23-10-24-19(14)29)26-13-8-4-5-9-13/h1-3,6-7,10-11,13,15-17,22,30-31H,4-5,8-9H2,(H,23,24,26)/t15-,16+,17-,22+/m0/s1. The summed E-state index contributed by atoms with van der Waals surface area (Å²) < 4.78 is 13.3. The largest absolute Gasteiger partial charge is 0.418 e. The van der Waals surface area contributed by atoms with Crippen LogP contribution in [-0.4, -0.2) is 58.2 Å². The number of benzene rings is 1. The molecule has 1 aliphatic heterocycles. The van der Waals surface area contributed by atoms with Crippen molar-refractivity contribution in [2.45, 2.75) is 56.3 Å². The number of ether oxygens (including phenoxy) is 1. The van der Waals surface area contributed by atoms with Crippen LogP contribution in [0.5, 0.6) is 0 Å². The molecule has 0 unspecified atom stereocenters. The zero-order valence-corrected chi connectivity index (χ0v) is 17.7. The summed E-state index contributed by atoms with van der Waals surface area (Å²) in [4.78, 5) is 13.2. The molecule has 1 aromatic carbocycles. The van der Waals surface area contributed by atoms with Crippen LogP contribution in [0.4, 0.5) is 5.82 Å². The van der Waals surface area contributed by atoms with Crippen molar-refractivity contribution < 1.29 is 19.4 Å². The maximum absolute atomic E-state index is 10.8. The normalized spacial score (nSPS) is 25.8. The lowest BCUT2D eigenvalue weighted by atomic mass is 10.1. The smallest absolute Gasteiger partial charge is 0.248 e. The van der Waals surface area contributed by atoms with Gasteiger partial charge in [-0.3, -0.25) is 4.57 Å². The van der Waals surface area contributed by atoms with Gasteiger partial charge in [0.2, 0.25) is 11.8 Å². The molecule has 6 rings (SSSR count). The Labute approximate surface area is 188 Å². The lowest BCUT2D eigenvalue weighted by Gasteiger charge is -2.16. The summed E-state index contributed by atoms with van der Waals surface area (Å²) >= 11 is 0. The predicted octanol–water partition coefficient (Wildman–Crippen LogP) is 2.22. The van der Waals surface area contributed by atoms with E-state index in [4.69, 9.17) is 9.15 Å². The summed E-state index contributed by atoms with van der Waals surface area (Å²) in [5.41, 5.74) is 1.83. The van der Waals surface area contributed by atoms with Gasteiger partial charge in [-0.15, -0.1) is 10.2 Å². The number of fused-ring (bicyclic) bond motifs is 1. The van der Waals surface area contributed by atoms with Crippen LogP contribution >= 0.6 is 0 Å². The Morgan fingerprint density at radius 1 is 0.970 bits per heavy atom. The van der Waals surface area contributed by atoms with Crippen molar-refractivity contribution in [1.29, 1.82) is 0 Å². The van der Waals surface area contributed by atoms with Crippen LogP contribution in [0, 0.1) is 0 Å². The Morgan fingerprint density at radius 3 is 2.61 bits per heavy atom. The molecule has 1 saturated carbocycles. The van der Waals surface area contributed by atoms with E-state index in [2.05, 4.69) is 30.5 Å². The van der Waals surface area contributed by atoms with E-state index in [0.717, 1.165) is 18.4 Å². The zero-order chi connectivity index (χ0) is 22.4. The molecule has 1 saturated heterocycles. The third-order valence-corrected chi connectivity index (χ3v) is 6.27. The fourth-order valence-corrected chi connectivity index (χ4v) is 4.55. The topological polar surface area (TPSA) is 144 Å². The van der Waals surface area contributed by atoms with Gasteiger partial charge < -0.3 is 24.7 Å². The van der Waals surface area contributed by atoms with Gasteiger partial charge in [0.15, 0.2) is 29.3 Å². The molecule has 11 nitrogen and oxygen atoms in total. The highest BCUT2D eigenvalue weighted by Crippen LogP contribution is 2.40. The minimum atomic E-state index is -1.27. The van der Waals surface area contributed by atoms with Gasteiger partial charge in [-0.25, -0.2) is 15.0 Å². The summed E-state index contributed by atoms with van der Waals surface area (Å²) in [5, 5.41) is 33.0. The van der Waals surface area contributed by atoms with E-state index in [1.54, 1.807) is 4.57 Å². The first-order valence-electron chi connectivity index (χ1n) is 11.0. The molecule has 4 atom stereocenters. The number of hydrogen-bond acceptors (Lipinski definition) is 10. The second kappa shape index (κ2) is 8.18. The molecule has 4 heterocycles. The van der Waals surface area contributed by atoms with Crippen molar-refractivity contribution in [2.75, 3.05) is 5.32 Å². The second-order valence-corrected chi connectivity index (χ2v) is 8.41. The van der Waals surface area contributed by atoms with Crippen molar-refractivity contribution >= 4 is 17.0 Å². The Bertz CT molecular complexity index is 1250. The third-order valence-electron chi connectivity index (χ3n) is 6.27. The van der Waals surface area contributed by atoms with Crippen LogP contribution in [0.2, 0.25) is 0 Å². The summed E-state index contributed by atoms with van der Waals surface area (Å²) in [7, 11) is 0. The van der Waals surface area contributed by atoms with E-state index >= 15 is 0 Å². The highest BCUT2D eigenvalue weighted by Gasteiger charge is 2.47. The summed E-state index contributed by atoms with van der Waals surface area (Å²) in [5.74, 6) is 1.05. The molecule has 3 N–H and O–H groups in total. The number of nitrogens with one attached hydrogen (secondary N) is 1. The van der Waals surface area contributed by atoms with Gasteiger partial charge in [-0.2, -0.15) is 0 Å². The van der Waals surface area contributed by atoms with Crippen molar-refractivity contribution in [3.05, 3.63) is 48.9 Å². The molecule has 0 spiro atoms. The SMILES string of the molecule is O[C@@H]1[C@H](O)[C@@H](c2nnc(-c3ccccc3)o2)O[C@H]1n1cnc2c(NC3CCCC3)ncnc21. The first-order chi connectivity index (χ1) is 16.2. The van der Waals surface area contributed by atoms with Gasteiger partial charge in [-0.1, -0.05) is 31.0 Å². The molecule has 2 aliphatic rings. The second-order valence-electron chi connectivity index (χ2n) is 8.41. The lowest BCUT2D eigenvalue weighted by molar-refractivity contribution is -0.0435.